The van der Waals surface area contributed by atoms with E-state index in [1.807, 2.05) is 6.92 Å². The predicted molar refractivity (Wildman–Crippen MR) is 68.2 cm³/mol. The lowest BCUT2D eigenvalue weighted by atomic mass is 10.1. The minimum Gasteiger partial charge on any atom is -0.486 e. The summed E-state index contributed by atoms with van der Waals surface area (Å²) in [6, 6.07) is -0.0906. The molecular weight excluding hydrogens is 272 g/mol. The molecule has 1 N–H and O–H groups in total. The lowest BCUT2D eigenvalue weighted by Gasteiger charge is -2.26. The fraction of sp³-hybridized carbons (Fsp3) is 0.250. The van der Waals surface area contributed by atoms with E-state index in [2.05, 4.69) is 4.98 Å². The average molecular weight is 281 g/mol. The Bertz CT molecular complexity index is 768. The number of aromatic nitrogens is 2. The number of hydrogen-bond acceptors (Lipinski definition) is 4. The highest BCUT2D eigenvalue weighted by atomic mass is 35.5. The fourth-order valence-corrected chi connectivity index (χ4v) is 2.40. The van der Waals surface area contributed by atoms with Crippen LogP contribution in [0.25, 0.3) is 10.9 Å². The number of rotatable bonds is 1. The van der Waals surface area contributed by atoms with Crippen molar-refractivity contribution in [2.75, 3.05) is 6.61 Å². The van der Waals surface area contributed by atoms with E-state index in [1.165, 1.54) is 12.4 Å². The first-order chi connectivity index (χ1) is 9.00. The van der Waals surface area contributed by atoms with Crippen LogP contribution < -0.4 is 10.2 Å². The molecule has 0 fully saturated rings. The summed E-state index contributed by atoms with van der Waals surface area (Å²) in [7, 11) is 0. The maximum Gasteiger partial charge on any atom is 0.341 e. The number of hydrogen-bond donors (Lipinski definition) is 1. The molecule has 7 heteroatoms. The Morgan fingerprint density at radius 3 is 3.05 bits per heavy atom. The first-order valence-corrected chi connectivity index (χ1v) is 5.98. The molecule has 0 saturated heterocycles. The van der Waals surface area contributed by atoms with Crippen molar-refractivity contribution in [1.29, 1.82) is 0 Å². The van der Waals surface area contributed by atoms with E-state index in [9.17, 15) is 9.59 Å². The van der Waals surface area contributed by atoms with E-state index in [1.54, 1.807) is 4.57 Å². The summed E-state index contributed by atoms with van der Waals surface area (Å²) in [5.41, 5.74) is -0.369. The van der Waals surface area contributed by atoms with Gasteiger partial charge >= 0.3 is 5.97 Å². The summed E-state index contributed by atoms with van der Waals surface area (Å²) in [6.45, 7) is 2.21. The number of pyridine rings is 2. The summed E-state index contributed by atoms with van der Waals surface area (Å²) in [6.07, 6.45) is 2.62. The van der Waals surface area contributed by atoms with Crippen molar-refractivity contribution in [3.63, 3.8) is 0 Å². The predicted octanol–water partition coefficient (Wildman–Crippen LogP) is 1.70. The number of nitrogens with zero attached hydrogens (tertiary/aromatic N) is 2. The second-order valence-electron chi connectivity index (χ2n) is 4.38. The van der Waals surface area contributed by atoms with Crippen molar-refractivity contribution >= 4 is 28.5 Å². The normalized spacial score (nSPS) is 17.3. The van der Waals surface area contributed by atoms with Gasteiger partial charge in [-0.2, -0.15) is 0 Å². The van der Waals surface area contributed by atoms with E-state index in [4.69, 9.17) is 21.4 Å². The van der Waals surface area contributed by atoms with Gasteiger partial charge < -0.3 is 14.4 Å². The van der Waals surface area contributed by atoms with Gasteiger partial charge in [-0.15, -0.1) is 0 Å². The first-order valence-electron chi connectivity index (χ1n) is 5.60. The third kappa shape index (κ3) is 1.60. The Morgan fingerprint density at radius 1 is 1.63 bits per heavy atom. The highest BCUT2D eigenvalue weighted by Gasteiger charge is 2.25. The SMILES string of the molecule is CC1COc2c(Cl)ncc3c(=O)c(C(=O)O)cn1c23. The summed E-state index contributed by atoms with van der Waals surface area (Å²) in [5.74, 6) is -0.933. The second-order valence-corrected chi connectivity index (χ2v) is 4.74. The van der Waals surface area contributed by atoms with E-state index >= 15 is 0 Å². The number of carboxylic acid groups (broad SMARTS) is 1. The third-order valence-corrected chi connectivity index (χ3v) is 3.42. The highest BCUT2D eigenvalue weighted by Crippen LogP contribution is 2.35. The van der Waals surface area contributed by atoms with Crippen molar-refractivity contribution in [3.8, 4) is 5.75 Å². The molecule has 0 aliphatic carbocycles. The molecule has 2 aromatic rings. The molecule has 0 aromatic carbocycles. The maximum absolute atomic E-state index is 12.1. The van der Waals surface area contributed by atoms with E-state index in [0.29, 0.717) is 17.9 Å². The Labute approximate surface area is 112 Å². The van der Waals surface area contributed by atoms with Crippen LogP contribution in [0.4, 0.5) is 0 Å². The van der Waals surface area contributed by atoms with Gasteiger partial charge in [0.1, 0.15) is 12.2 Å². The molecule has 1 unspecified atom stereocenters. The number of carbonyl (C=O) groups is 1. The molecule has 0 amide bonds. The molecule has 0 bridgehead atoms. The van der Waals surface area contributed by atoms with E-state index < -0.39 is 11.4 Å². The van der Waals surface area contributed by atoms with Crippen molar-refractivity contribution in [2.24, 2.45) is 0 Å². The van der Waals surface area contributed by atoms with Gasteiger partial charge in [-0.1, -0.05) is 11.6 Å². The monoisotopic (exact) mass is 280 g/mol. The van der Waals surface area contributed by atoms with Crippen LogP contribution in [0.2, 0.25) is 5.15 Å². The van der Waals surface area contributed by atoms with Crippen LogP contribution in [-0.4, -0.2) is 27.2 Å². The van der Waals surface area contributed by atoms with Crippen LogP contribution in [0.5, 0.6) is 5.75 Å². The smallest absolute Gasteiger partial charge is 0.341 e. The van der Waals surface area contributed by atoms with Crippen LogP contribution in [0.3, 0.4) is 0 Å². The lowest BCUT2D eigenvalue weighted by Crippen LogP contribution is -2.26. The molecule has 6 nitrogen and oxygen atoms in total. The Kier molecular flexibility index (Phi) is 2.50. The van der Waals surface area contributed by atoms with E-state index in [0.717, 1.165) is 0 Å². The molecule has 1 aliphatic rings. The quantitative estimate of drug-likeness (QED) is 0.804. The third-order valence-electron chi connectivity index (χ3n) is 3.15. The van der Waals surface area contributed by atoms with Crippen LogP contribution in [0.15, 0.2) is 17.2 Å². The number of ether oxygens (including phenoxy) is 1. The van der Waals surface area contributed by atoms with Gasteiger partial charge in [-0.25, -0.2) is 9.78 Å². The van der Waals surface area contributed by atoms with Crippen LogP contribution in [-0.2, 0) is 0 Å². The fourth-order valence-electron chi connectivity index (χ4n) is 2.20. The minimum absolute atomic E-state index is 0.0906. The average Bonchev–Trinajstić information content (AvgIpc) is 2.37. The topological polar surface area (TPSA) is 81.4 Å². The zero-order valence-corrected chi connectivity index (χ0v) is 10.6. The molecule has 1 aliphatic heterocycles. The molecule has 3 heterocycles. The minimum atomic E-state index is -1.26. The van der Waals surface area contributed by atoms with Gasteiger partial charge in [0.15, 0.2) is 10.9 Å². The van der Waals surface area contributed by atoms with Gasteiger partial charge in [0, 0.05) is 12.4 Å². The zero-order chi connectivity index (χ0) is 13.7. The second kappa shape index (κ2) is 3.96. The Morgan fingerprint density at radius 2 is 2.37 bits per heavy atom. The Hall–Kier alpha value is -2.08. The summed E-state index contributed by atoms with van der Waals surface area (Å²) < 4.78 is 7.19. The number of carboxylic acids is 1. The molecule has 0 spiro atoms. The molecule has 19 heavy (non-hydrogen) atoms. The van der Waals surface area contributed by atoms with Gasteiger partial charge in [0.05, 0.1) is 16.9 Å². The van der Waals surface area contributed by atoms with Crippen molar-refractivity contribution in [2.45, 2.75) is 13.0 Å². The van der Waals surface area contributed by atoms with Gasteiger partial charge in [-0.3, -0.25) is 4.79 Å². The molecule has 0 saturated carbocycles. The van der Waals surface area contributed by atoms with Crippen LogP contribution >= 0.6 is 11.6 Å². The molecule has 98 valence electrons. The largest absolute Gasteiger partial charge is 0.486 e. The first kappa shape index (κ1) is 12.0. The highest BCUT2D eigenvalue weighted by molar-refractivity contribution is 6.31. The van der Waals surface area contributed by atoms with Crippen LogP contribution in [0.1, 0.15) is 23.3 Å². The Balaban J connectivity index is 2.54. The summed E-state index contributed by atoms with van der Waals surface area (Å²) in [5, 5.41) is 9.44. The van der Waals surface area contributed by atoms with E-state index in [-0.39, 0.29) is 22.1 Å². The van der Waals surface area contributed by atoms with Crippen molar-refractivity contribution < 1.29 is 14.6 Å². The molecule has 2 aromatic heterocycles. The van der Waals surface area contributed by atoms with Gasteiger partial charge in [-0.05, 0) is 6.92 Å². The number of aromatic carboxylic acids is 1. The molecule has 0 radical (unpaired) electrons. The summed E-state index contributed by atoms with van der Waals surface area (Å²) >= 11 is 5.94. The maximum atomic E-state index is 12.1. The standard InChI is InChI=1S/C12H9ClN2O4/c1-5-4-19-10-8-6(2-14-11(10)13)9(16)7(12(17)18)3-15(5)8/h2-3,5H,4H2,1H3,(H,17,18). The zero-order valence-electron chi connectivity index (χ0n) is 9.88. The molecule has 1 atom stereocenters. The molecular formula is C12H9ClN2O4. The summed E-state index contributed by atoms with van der Waals surface area (Å²) in [4.78, 5) is 27.1. The van der Waals surface area contributed by atoms with Gasteiger partial charge in [0.2, 0.25) is 5.43 Å². The van der Waals surface area contributed by atoms with Crippen LogP contribution in [0, 0.1) is 0 Å². The lowest BCUT2D eigenvalue weighted by molar-refractivity contribution is 0.0694. The van der Waals surface area contributed by atoms with Crippen molar-refractivity contribution in [3.05, 3.63) is 33.3 Å². The number of halogens is 1. The molecule has 3 rings (SSSR count). The van der Waals surface area contributed by atoms with Crippen molar-refractivity contribution in [1.82, 2.24) is 9.55 Å². The van der Waals surface area contributed by atoms with Gasteiger partial charge in [0.25, 0.3) is 0 Å².